The SMILES string of the molecule is COC(=O)[C@@H](NCC(OC)OC)C(C)C. The summed E-state index contributed by atoms with van der Waals surface area (Å²) in [6.07, 6.45) is -0.351. The Morgan fingerprint density at radius 1 is 1.20 bits per heavy atom. The Balaban J connectivity index is 4.12. The molecule has 0 aromatic rings. The average Bonchev–Trinajstić information content (AvgIpc) is 2.23. The molecule has 0 aliphatic carbocycles. The first-order valence-corrected chi connectivity index (χ1v) is 4.93. The van der Waals surface area contributed by atoms with E-state index in [0.29, 0.717) is 6.54 Å². The molecule has 1 N–H and O–H groups in total. The summed E-state index contributed by atoms with van der Waals surface area (Å²) in [5.74, 6) is -0.109. The molecule has 0 rings (SSSR count). The third-order valence-electron chi connectivity index (χ3n) is 2.15. The van der Waals surface area contributed by atoms with Crippen LogP contribution in [0.5, 0.6) is 0 Å². The number of ether oxygens (including phenoxy) is 3. The fraction of sp³-hybridized carbons (Fsp3) is 0.900. The largest absolute Gasteiger partial charge is 0.468 e. The molecule has 1 atom stereocenters. The van der Waals surface area contributed by atoms with Gasteiger partial charge < -0.3 is 14.2 Å². The minimum Gasteiger partial charge on any atom is -0.468 e. The first-order chi connectivity index (χ1) is 7.06. The molecule has 0 aliphatic rings. The van der Waals surface area contributed by atoms with E-state index in [1.165, 1.54) is 7.11 Å². The van der Waals surface area contributed by atoms with Crippen molar-refractivity contribution in [3.05, 3.63) is 0 Å². The molecule has 5 nitrogen and oxygen atoms in total. The van der Waals surface area contributed by atoms with Crippen molar-refractivity contribution in [2.45, 2.75) is 26.2 Å². The van der Waals surface area contributed by atoms with Crippen molar-refractivity contribution in [1.82, 2.24) is 5.32 Å². The van der Waals surface area contributed by atoms with Crippen LogP contribution >= 0.6 is 0 Å². The summed E-state index contributed by atoms with van der Waals surface area (Å²) in [5, 5.41) is 3.05. The van der Waals surface area contributed by atoms with E-state index >= 15 is 0 Å². The number of rotatable bonds is 7. The number of esters is 1. The highest BCUT2D eigenvalue weighted by molar-refractivity contribution is 5.75. The Hall–Kier alpha value is -0.650. The third kappa shape index (κ3) is 5.11. The molecule has 0 aromatic carbocycles. The van der Waals surface area contributed by atoms with Gasteiger partial charge in [-0.3, -0.25) is 10.1 Å². The van der Waals surface area contributed by atoms with Crippen molar-refractivity contribution in [1.29, 1.82) is 0 Å². The quantitative estimate of drug-likeness (QED) is 0.496. The van der Waals surface area contributed by atoms with Crippen molar-refractivity contribution >= 4 is 5.97 Å². The lowest BCUT2D eigenvalue weighted by atomic mass is 10.0. The van der Waals surface area contributed by atoms with Crippen LogP contribution in [0.15, 0.2) is 0 Å². The van der Waals surface area contributed by atoms with Gasteiger partial charge in [0.05, 0.1) is 7.11 Å². The Labute approximate surface area is 91.1 Å². The van der Waals surface area contributed by atoms with Crippen LogP contribution < -0.4 is 5.32 Å². The van der Waals surface area contributed by atoms with Gasteiger partial charge in [-0.05, 0) is 5.92 Å². The van der Waals surface area contributed by atoms with Gasteiger partial charge in [-0.15, -0.1) is 0 Å². The van der Waals surface area contributed by atoms with E-state index in [-0.39, 0.29) is 24.2 Å². The topological polar surface area (TPSA) is 56.8 Å². The highest BCUT2D eigenvalue weighted by Crippen LogP contribution is 2.04. The van der Waals surface area contributed by atoms with Crippen molar-refractivity contribution in [2.75, 3.05) is 27.9 Å². The second-order valence-electron chi connectivity index (χ2n) is 3.55. The smallest absolute Gasteiger partial charge is 0.323 e. The summed E-state index contributed by atoms with van der Waals surface area (Å²) < 4.78 is 14.7. The monoisotopic (exact) mass is 219 g/mol. The second kappa shape index (κ2) is 7.62. The lowest BCUT2D eigenvalue weighted by Crippen LogP contribution is -2.45. The summed E-state index contributed by atoms with van der Waals surface area (Å²) >= 11 is 0. The molecular weight excluding hydrogens is 198 g/mol. The van der Waals surface area contributed by atoms with Crippen LogP contribution in [-0.2, 0) is 19.0 Å². The first kappa shape index (κ1) is 14.3. The molecule has 0 amide bonds. The standard InChI is InChI=1S/C10H21NO4/c1-7(2)9(10(12)15-5)11-6-8(13-3)14-4/h7-9,11H,6H2,1-5H3/t9-/m0/s1. The second-order valence-corrected chi connectivity index (χ2v) is 3.55. The van der Waals surface area contributed by atoms with E-state index in [1.54, 1.807) is 14.2 Å². The predicted molar refractivity (Wildman–Crippen MR) is 56.5 cm³/mol. The van der Waals surface area contributed by atoms with Crippen molar-refractivity contribution < 1.29 is 19.0 Å². The van der Waals surface area contributed by atoms with Gasteiger partial charge in [0.2, 0.25) is 0 Å². The summed E-state index contributed by atoms with van der Waals surface area (Å²) in [7, 11) is 4.49. The Morgan fingerprint density at radius 2 is 1.73 bits per heavy atom. The van der Waals surface area contributed by atoms with Crippen LogP contribution in [0.1, 0.15) is 13.8 Å². The molecule has 0 aliphatic heterocycles. The zero-order valence-corrected chi connectivity index (χ0v) is 10.1. The van der Waals surface area contributed by atoms with Crippen LogP contribution in [0.2, 0.25) is 0 Å². The highest BCUT2D eigenvalue weighted by atomic mass is 16.7. The van der Waals surface area contributed by atoms with E-state index in [1.807, 2.05) is 13.8 Å². The zero-order chi connectivity index (χ0) is 11.8. The van der Waals surface area contributed by atoms with Crippen LogP contribution in [0.4, 0.5) is 0 Å². The van der Waals surface area contributed by atoms with E-state index in [4.69, 9.17) is 14.2 Å². The first-order valence-electron chi connectivity index (χ1n) is 4.93. The van der Waals surface area contributed by atoms with Gasteiger partial charge in [0.25, 0.3) is 0 Å². The number of carbonyl (C=O) groups is 1. The maximum atomic E-state index is 11.4. The zero-order valence-electron chi connectivity index (χ0n) is 10.1. The number of carbonyl (C=O) groups excluding carboxylic acids is 1. The fourth-order valence-electron chi connectivity index (χ4n) is 1.20. The Morgan fingerprint density at radius 3 is 2.07 bits per heavy atom. The van der Waals surface area contributed by atoms with Crippen LogP contribution in [0.25, 0.3) is 0 Å². The molecule has 5 heteroatoms. The highest BCUT2D eigenvalue weighted by Gasteiger charge is 2.23. The van der Waals surface area contributed by atoms with Crippen LogP contribution in [0.3, 0.4) is 0 Å². The molecule has 0 spiro atoms. The lowest BCUT2D eigenvalue weighted by molar-refractivity contribution is -0.145. The molecule has 0 fully saturated rings. The van der Waals surface area contributed by atoms with Crippen LogP contribution in [0, 0.1) is 5.92 Å². The van der Waals surface area contributed by atoms with Crippen molar-refractivity contribution in [3.8, 4) is 0 Å². The van der Waals surface area contributed by atoms with Crippen molar-refractivity contribution in [3.63, 3.8) is 0 Å². The molecule has 0 saturated heterocycles. The Bertz CT molecular complexity index is 180. The molecule has 15 heavy (non-hydrogen) atoms. The maximum absolute atomic E-state index is 11.4. The number of hydrogen-bond donors (Lipinski definition) is 1. The normalized spacial score (nSPS) is 13.3. The van der Waals surface area contributed by atoms with Gasteiger partial charge in [0.1, 0.15) is 6.04 Å². The van der Waals surface area contributed by atoms with E-state index in [9.17, 15) is 4.79 Å². The molecular formula is C10H21NO4. The van der Waals surface area contributed by atoms with E-state index < -0.39 is 0 Å². The third-order valence-corrected chi connectivity index (χ3v) is 2.15. The summed E-state index contributed by atoms with van der Waals surface area (Å²) in [6.45, 7) is 4.34. The van der Waals surface area contributed by atoms with E-state index in [0.717, 1.165) is 0 Å². The molecule has 0 saturated carbocycles. The summed E-state index contributed by atoms with van der Waals surface area (Å²) in [6, 6.07) is -0.331. The number of methoxy groups -OCH3 is 3. The minimum absolute atomic E-state index is 0.159. The van der Waals surface area contributed by atoms with E-state index in [2.05, 4.69) is 5.32 Å². The molecule has 0 radical (unpaired) electrons. The Kier molecular flexibility index (Phi) is 7.29. The number of nitrogens with one attached hydrogen (secondary N) is 1. The van der Waals surface area contributed by atoms with Crippen LogP contribution in [-0.4, -0.2) is 46.2 Å². The molecule has 0 heterocycles. The summed E-state index contributed by atoms with van der Waals surface area (Å²) in [4.78, 5) is 11.4. The van der Waals surface area contributed by atoms with Gasteiger partial charge in [-0.2, -0.15) is 0 Å². The molecule has 90 valence electrons. The van der Waals surface area contributed by atoms with Crippen molar-refractivity contribution in [2.24, 2.45) is 5.92 Å². The summed E-state index contributed by atoms with van der Waals surface area (Å²) in [5.41, 5.74) is 0. The minimum atomic E-state index is -0.351. The number of hydrogen-bond acceptors (Lipinski definition) is 5. The predicted octanol–water partition coefficient (Wildman–Crippen LogP) is 0.392. The molecule has 0 bridgehead atoms. The average molecular weight is 219 g/mol. The van der Waals surface area contributed by atoms with Gasteiger partial charge in [0.15, 0.2) is 6.29 Å². The van der Waals surface area contributed by atoms with Gasteiger partial charge in [-0.1, -0.05) is 13.8 Å². The lowest BCUT2D eigenvalue weighted by Gasteiger charge is -2.22. The van der Waals surface area contributed by atoms with Gasteiger partial charge in [-0.25, -0.2) is 0 Å². The van der Waals surface area contributed by atoms with Gasteiger partial charge in [0, 0.05) is 20.8 Å². The molecule has 0 unspecified atom stereocenters. The van der Waals surface area contributed by atoms with Gasteiger partial charge >= 0.3 is 5.97 Å². The maximum Gasteiger partial charge on any atom is 0.323 e. The molecule has 0 aromatic heterocycles. The fourth-order valence-corrected chi connectivity index (χ4v) is 1.20.